The summed E-state index contributed by atoms with van der Waals surface area (Å²) in [4.78, 5) is 17.9. The number of nitrogens with zero attached hydrogens (tertiary/aromatic N) is 4. The first kappa shape index (κ1) is 36.8. The van der Waals surface area contributed by atoms with Crippen molar-refractivity contribution in [3.8, 4) is 22.8 Å². The number of fused-ring (bicyclic) bond motifs is 2. The molecule has 0 aliphatic heterocycles. The minimum absolute atomic E-state index is 0.0580. The Balaban J connectivity index is 1.27. The Morgan fingerprint density at radius 1 is 0.414 bits per heavy atom. The number of anilines is 3. The van der Waals surface area contributed by atoms with Crippen LogP contribution in [0.25, 0.3) is 44.3 Å². The molecule has 8 aromatic carbocycles. The highest BCUT2D eigenvalue weighted by atomic mass is 15.3. The smallest absolute Gasteiger partial charge is 0.242 e. The zero-order valence-corrected chi connectivity index (χ0v) is 34.0. The molecule has 0 unspecified atom stereocenters. The predicted molar refractivity (Wildman–Crippen MR) is 246 cm³/mol. The fourth-order valence-electron chi connectivity index (χ4n) is 8.99. The van der Waals surface area contributed by atoms with Crippen LogP contribution in [0.1, 0.15) is 33.4 Å². The second kappa shape index (κ2) is 15.2. The third-order valence-corrected chi connectivity index (χ3v) is 11.4. The van der Waals surface area contributed by atoms with Crippen LogP contribution < -0.4 is 21.3 Å². The lowest BCUT2D eigenvalue weighted by molar-refractivity contribution is 1.03. The Bertz CT molecular complexity index is 2860. The summed E-state index contributed by atoms with van der Waals surface area (Å²) >= 11 is 0. The van der Waals surface area contributed by atoms with Gasteiger partial charge in [-0.05, 0) is 82.0 Å². The molecule has 5 heteroatoms. The first-order valence-corrected chi connectivity index (χ1v) is 20.1. The van der Waals surface area contributed by atoms with Gasteiger partial charge in [-0.3, -0.25) is 4.90 Å². The zero-order valence-electron chi connectivity index (χ0n) is 34.0. The summed E-state index contributed by atoms with van der Waals surface area (Å²) < 4.78 is 0. The van der Waals surface area contributed by atoms with E-state index < -0.39 is 0 Å². The van der Waals surface area contributed by atoms with Crippen LogP contribution >= 0.6 is 0 Å². The molecule has 280 valence electrons. The topological polar surface area (TPSA) is 41.9 Å². The van der Waals surface area contributed by atoms with Crippen molar-refractivity contribution < 1.29 is 0 Å². The van der Waals surface area contributed by atoms with E-state index in [1.54, 1.807) is 0 Å². The van der Waals surface area contributed by atoms with E-state index in [-0.39, 0.29) is 6.71 Å². The highest BCUT2D eigenvalue weighted by Gasteiger charge is 2.29. The number of rotatable bonds is 8. The third-order valence-electron chi connectivity index (χ3n) is 11.4. The summed E-state index contributed by atoms with van der Waals surface area (Å²) in [7, 11) is 0. The molecular formula is C53H45BN4. The molecule has 0 radical (unpaired) electrons. The molecule has 9 aromatic rings. The van der Waals surface area contributed by atoms with Crippen LogP contribution in [0.4, 0.5) is 17.3 Å². The number of hydrogen-bond acceptors (Lipinski definition) is 4. The quantitative estimate of drug-likeness (QED) is 0.145. The Kier molecular flexibility index (Phi) is 9.67. The molecule has 9 rings (SSSR count). The maximum atomic E-state index is 5.32. The second-order valence-corrected chi connectivity index (χ2v) is 15.7. The molecule has 4 nitrogen and oxygen atoms in total. The normalized spacial score (nSPS) is 11.3. The minimum Gasteiger partial charge on any atom is -0.278 e. The average Bonchev–Trinajstić information content (AvgIpc) is 3.23. The largest absolute Gasteiger partial charge is 0.278 e. The molecule has 0 fully saturated rings. The molecule has 0 saturated carbocycles. The van der Waals surface area contributed by atoms with Crippen LogP contribution in [0.5, 0.6) is 0 Å². The molecule has 0 atom stereocenters. The van der Waals surface area contributed by atoms with Crippen LogP contribution in [0.15, 0.2) is 164 Å². The van der Waals surface area contributed by atoms with Crippen molar-refractivity contribution in [1.29, 1.82) is 0 Å². The van der Waals surface area contributed by atoms with Crippen molar-refractivity contribution in [1.82, 2.24) is 15.0 Å². The van der Waals surface area contributed by atoms with E-state index in [0.717, 1.165) is 38.7 Å². The van der Waals surface area contributed by atoms with E-state index in [2.05, 4.69) is 192 Å². The fraction of sp³-hybridized carbons (Fsp3) is 0.113. The van der Waals surface area contributed by atoms with Gasteiger partial charge >= 0.3 is 0 Å². The van der Waals surface area contributed by atoms with Gasteiger partial charge in [0.15, 0.2) is 11.6 Å². The van der Waals surface area contributed by atoms with Gasteiger partial charge in [-0.2, -0.15) is 9.97 Å². The molecule has 0 amide bonds. The van der Waals surface area contributed by atoms with Gasteiger partial charge < -0.3 is 0 Å². The highest BCUT2D eigenvalue weighted by molar-refractivity contribution is 6.96. The highest BCUT2D eigenvalue weighted by Crippen LogP contribution is 2.38. The van der Waals surface area contributed by atoms with Crippen molar-refractivity contribution in [3.05, 3.63) is 197 Å². The minimum atomic E-state index is 0.0580. The van der Waals surface area contributed by atoms with Gasteiger partial charge in [-0.1, -0.05) is 189 Å². The van der Waals surface area contributed by atoms with E-state index in [9.17, 15) is 0 Å². The molecule has 0 saturated heterocycles. The number of aryl methyl sites for hydroxylation is 6. The number of aromatic nitrogens is 3. The summed E-state index contributed by atoms with van der Waals surface area (Å²) in [6.07, 6.45) is 0. The molecule has 58 heavy (non-hydrogen) atoms. The SMILES string of the molecule is Cc1cc(C)c(B(c2ccc(N(c3nc(-c4ccccc4)nc(-c4ccc5ccccc5c4)n3)c3cccc4ccccc34)cc2)c2c(C)cc(C)cc2C)c(C)c1. The Hall–Kier alpha value is -6.85. The lowest BCUT2D eigenvalue weighted by atomic mass is 9.34. The molecule has 1 aromatic heterocycles. The van der Waals surface area contributed by atoms with Crippen LogP contribution in [-0.4, -0.2) is 21.7 Å². The third kappa shape index (κ3) is 6.94. The first-order valence-electron chi connectivity index (χ1n) is 20.1. The van der Waals surface area contributed by atoms with Crippen molar-refractivity contribution in [2.75, 3.05) is 4.90 Å². The molecule has 0 aliphatic carbocycles. The second-order valence-electron chi connectivity index (χ2n) is 15.7. The van der Waals surface area contributed by atoms with Crippen molar-refractivity contribution in [2.45, 2.75) is 41.5 Å². The zero-order chi connectivity index (χ0) is 39.9. The van der Waals surface area contributed by atoms with Crippen molar-refractivity contribution in [2.24, 2.45) is 0 Å². The average molecular weight is 749 g/mol. The van der Waals surface area contributed by atoms with E-state index in [1.807, 2.05) is 18.2 Å². The molecule has 0 bridgehead atoms. The summed E-state index contributed by atoms with van der Waals surface area (Å²) in [5.74, 6) is 1.78. The predicted octanol–water partition coefficient (Wildman–Crippen LogP) is 11.3. The molecule has 0 N–H and O–H groups in total. The van der Waals surface area contributed by atoms with Crippen molar-refractivity contribution in [3.63, 3.8) is 0 Å². The molecular weight excluding hydrogens is 703 g/mol. The van der Waals surface area contributed by atoms with E-state index in [1.165, 1.54) is 55.2 Å². The van der Waals surface area contributed by atoms with Gasteiger partial charge in [0, 0.05) is 22.2 Å². The van der Waals surface area contributed by atoms with E-state index in [4.69, 9.17) is 15.0 Å². The van der Waals surface area contributed by atoms with Gasteiger partial charge in [0.05, 0.1) is 5.69 Å². The Morgan fingerprint density at radius 2 is 0.948 bits per heavy atom. The van der Waals surface area contributed by atoms with Crippen LogP contribution in [0, 0.1) is 41.5 Å². The fourth-order valence-corrected chi connectivity index (χ4v) is 8.99. The maximum Gasteiger partial charge on any atom is 0.242 e. The molecule has 1 heterocycles. The molecule has 0 aliphatic rings. The number of benzene rings is 8. The van der Waals surface area contributed by atoms with Gasteiger partial charge in [0.2, 0.25) is 12.7 Å². The Morgan fingerprint density at radius 3 is 1.59 bits per heavy atom. The summed E-state index contributed by atoms with van der Waals surface area (Å²) in [5, 5.41) is 4.56. The van der Waals surface area contributed by atoms with Gasteiger partial charge in [-0.25, -0.2) is 4.98 Å². The molecule has 0 spiro atoms. The van der Waals surface area contributed by atoms with Crippen LogP contribution in [-0.2, 0) is 0 Å². The Labute approximate surface area is 342 Å². The van der Waals surface area contributed by atoms with Crippen LogP contribution in [0.3, 0.4) is 0 Å². The standard InChI is InChI=1S/C53H45BN4/c1-34-29-36(3)49(37(4)30-34)54(50-38(5)31-35(2)32-39(50)6)45-25-27-46(28-26-45)58(48-22-14-20-41-16-12-13-21-47(41)48)53-56-51(42-17-8-7-9-18-42)55-52(57-53)44-24-23-40-15-10-11-19-43(40)33-44/h7-33H,1-6H3. The lowest BCUT2D eigenvalue weighted by Gasteiger charge is -2.27. The van der Waals surface area contributed by atoms with Gasteiger partial charge in [-0.15, -0.1) is 0 Å². The summed E-state index contributed by atoms with van der Waals surface area (Å²) in [5.41, 5.74) is 15.6. The summed E-state index contributed by atoms with van der Waals surface area (Å²) in [6, 6.07) is 58.4. The first-order chi connectivity index (χ1) is 28.2. The lowest BCUT2D eigenvalue weighted by Crippen LogP contribution is -2.55. The monoisotopic (exact) mass is 748 g/mol. The van der Waals surface area contributed by atoms with E-state index >= 15 is 0 Å². The van der Waals surface area contributed by atoms with Gasteiger partial charge in [0.1, 0.15) is 0 Å². The van der Waals surface area contributed by atoms with Crippen molar-refractivity contribution >= 4 is 62.0 Å². The summed E-state index contributed by atoms with van der Waals surface area (Å²) in [6.45, 7) is 13.5. The van der Waals surface area contributed by atoms with E-state index in [0.29, 0.717) is 17.6 Å². The maximum absolute atomic E-state index is 5.32. The van der Waals surface area contributed by atoms with Crippen LogP contribution in [0.2, 0.25) is 0 Å². The van der Waals surface area contributed by atoms with Gasteiger partial charge in [0.25, 0.3) is 0 Å². The number of hydrogen-bond donors (Lipinski definition) is 0.